The molecule has 1 aliphatic carbocycles. The molecule has 0 aliphatic heterocycles. The van der Waals surface area contributed by atoms with Crippen LogP contribution in [-0.2, 0) is 16.6 Å². The van der Waals surface area contributed by atoms with Crippen LogP contribution in [0.25, 0.3) is 22.6 Å². The third-order valence-electron chi connectivity index (χ3n) is 7.39. The zero-order chi connectivity index (χ0) is 26.9. The summed E-state index contributed by atoms with van der Waals surface area (Å²) >= 11 is 0. The summed E-state index contributed by atoms with van der Waals surface area (Å²) in [4.78, 5) is 28.9. The van der Waals surface area contributed by atoms with Gasteiger partial charge in [-0.25, -0.2) is 28.7 Å². The number of nitrogens with two attached hydrogens (primary N) is 1. The number of aromatic nitrogens is 6. The minimum absolute atomic E-state index is 0.0487. The summed E-state index contributed by atoms with van der Waals surface area (Å²) in [7, 11) is 0. The molecule has 0 fully saturated rings. The van der Waals surface area contributed by atoms with Gasteiger partial charge in [-0.15, -0.1) is 5.10 Å². The molecule has 1 aliphatic rings. The van der Waals surface area contributed by atoms with Crippen molar-refractivity contribution in [3.05, 3.63) is 83.3 Å². The average Bonchev–Trinajstić information content (AvgIpc) is 2.92. The fourth-order valence-electron chi connectivity index (χ4n) is 5.33. The molecule has 0 spiro atoms. The molecule has 0 bridgehead atoms. The zero-order valence-corrected chi connectivity index (χ0v) is 21.2. The Labute approximate surface area is 218 Å². The topological polar surface area (TPSA) is 120 Å². The number of halogens is 2. The normalized spacial score (nSPS) is 18.7. The first-order valence-electron chi connectivity index (χ1n) is 12.6. The van der Waals surface area contributed by atoms with Crippen LogP contribution in [0.2, 0.25) is 0 Å². The van der Waals surface area contributed by atoms with E-state index in [2.05, 4.69) is 39.0 Å². The molecule has 0 saturated heterocycles. The smallest absolute Gasteiger partial charge is 0.225 e. The first-order valence-corrected chi connectivity index (χ1v) is 12.6. The van der Waals surface area contributed by atoms with Crippen molar-refractivity contribution in [2.45, 2.75) is 57.3 Å². The van der Waals surface area contributed by atoms with Gasteiger partial charge in [0.1, 0.15) is 17.5 Å². The van der Waals surface area contributed by atoms with E-state index in [1.165, 1.54) is 18.2 Å². The van der Waals surface area contributed by atoms with E-state index in [1.807, 2.05) is 6.07 Å². The number of primary amides is 1. The van der Waals surface area contributed by atoms with Gasteiger partial charge in [0.15, 0.2) is 5.82 Å². The quantitative estimate of drug-likeness (QED) is 0.379. The SMILES string of the molecule is CC[C@H]1CC[C@](CC)(c2ccnc(-c3cnc(CC(N)=O)nc3)n2)c2nnc(-c3c(F)cccc3F)cc21. The van der Waals surface area contributed by atoms with Gasteiger partial charge in [0.25, 0.3) is 0 Å². The van der Waals surface area contributed by atoms with E-state index in [0.29, 0.717) is 23.6 Å². The number of amides is 1. The lowest BCUT2D eigenvalue weighted by molar-refractivity contribution is -0.117. The summed E-state index contributed by atoms with van der Waals surface area (Å²) in [5.74, 6) is -0.904. The number of nitrogens with zero attached hydrogens (tertiary/aromatic N) is 6. The van der Waals surface area contributed by atoms with Crippen molar-refractivity contribution in [1.82, 2.24) is 30.1 Å². The maximum Gasteiger partial charge on any atom is 0.225 e. The van der Waals surface area contributed by atoms with Gasteiger partial charge in [0, 0.05) is 18.6 Å². The number of hydrogen-bond donors (Lipinski definition) is 1. The predicted octanol–water partition coefficient (Wildman–Crippen LogP) is 4.68. The van der Waals surface area contributed by atoms with Crippen LogP contribution in [0.5, 0.6) is 0 Å². The fraction of sp³-hybridized carbons (Fsp3) is 0.321. The van der Waals surface area contributed by atoms with Gasteiger partial charge in [-0.1, -0.05) is 19.9 Å². The molecule has 8 nitrogen and oxygen atoms in total. The third-order valence-corrected chi connectivity index (χ3v) is 7.39. The molecule has 1 aromatic carbocycles. The summed E-state index contributed by atoms with van der Waals surface area (Å²) in [6, 6.07) is 7.44. The van der Waals surface area contributed by atoms with Crippen LogP contribution in [0.15, 0.2) is 48.9 Å². The zero-order valence-electron chi connectivity index (χ0n) is 21.2. The Hall–Kier alpha value is -4.21. The molecular weight excluding hydrogens is 488 g/mol. The van der Waals surface area contributed by atoms with Crippen LogP contribution in [0.1, 0.15) is 68.2 Å². The maximum atomic E-state index is 14.6. The van der Waals surface area contributed by atoms with Crippen LogP contribution in [0.3, 0.4) is 0 Å². The Bertz CT molecular complexity index is 1480. The summed E-state index contributed by atoms with van der Waals surface area (Å²) in [5.41, 5.74) is 7.78. The standard InChI is InChI=1S/C28H27F2N7O/c1-3-16-8-10-28(4-2,26-18(16)12-21(36-37-26)25-19(29)6-5-7-20(25)30)22-9-11-32-27(35-22)17-14-33-24(34-15-17)13-23(31)38/h5-7,9,11-12,14-16H,3-4,8,10,13H2,1-2H3,(H2,31,38)/t16-,28+/m0/s1. The summed E-state index contributed by atoms with van der Waals surface area (Å²) in [6.45, 7) is 4.17. The molecule has 0 radical (unpaired) electrons. The highest BCUT2D eigenvalue weighted by Gasteiger charge is 2.43. The number of carbonyl (C=O) groups excluding carboxylic acids is 1. The van der Waals surface area contributed by atoms with Crippen LogP contribution >= 0.6 is 0 Å². The molecule has 10 heteroatoms. The number of benzene rings is 1. The fourth-order valence-corrected chi connectivity index (χ4v) is 5.33. The van der Waals surface area contributed by atoms with E-state index in [-0.39, 0.29) is 23.6 Å². The summed E-state index contributed by atoms with van der Waals surface area (Å²) in [6.07, 6.45) is 8.00. The van der Waals surface area contributed by atoms with Crippen molar-refractivity contribution in [2.24, 2.45) is 5.73 Å². The van der Waals surface area contributed by atoms with Gasteiger partial charge in [-0.05, 0) is 61.4 Å². The van der Waals surface area contributed by atoms with E-state index in [0.717, 1.165) is 36.2 Å². The van der Waals surface area contributed by atoms with E-state index < -0.39 is 23.0 Å². The molecule has 3 aromatic heterocycles. The largest absolute Gasteiger partial charge is 0.369 e. The molecule has 194 valence electrons. The first-order chi connectivity index (χ1) is 18.4. The highest BCUT2D eigenvalue weighted by molar-refractivity contribution is 5.75. The van der Waals surface area contributed by atoms with Gasteiger partial charge in [-0.2, -0.15) is 5.10 Å². The van der Waals surface area contributed by atoms with E-state index in [1.54, 1.807) is 24.7 Å². The van der Waals surface area contributed by atoms with E-state index >= 15 is 0 Å². The van der Waals surface area contributed by atoms with Gasteiger partial charge in [0.05, 0.1) is 40.0 Å². The number of carbonyl (C=O) groups is 1. The Morgan fingerprint density at radius 1 is 1.08 bits per heavy atom. The van der Waals surface area contributed by atoms with Crippen molar-refractivity contribution in [3.8, 4) is 22.6 Å². The van der Waals surface area contributed by atoms with Crippen molar-refractivity contribution in [3.63, 3.8) is 0 Å². The molecule has 4 aromatic rings. The second-order valence-corrected chi connectivity index (χ2v) is 9.51. The van der Waals surface area contributed by atoms with Crippen molar-refractivity contribution < 1.29 is 13.6 Å². The average molecular weight is 516 g/mol. The Balaban J connectivity index is 1.59. The van der Waals surface area contributed by atoms with E-state index in [9.17, 15) is 13.6 Å². The highest BCUT2D eigenvalue weighted by Crippen LogP contribution is 2.49. The lowest BCUT2D eigenvalue weighted by atomic mass is 9.65. The lowest BCUT2D eigenvalue weighted by Crippen LogP contribution is -2.36. The first kappa shape index (κ1) is 25.4. The lowest BCUT2D eigenvalue weighted by Gasteiger charge is -2.39. The monoisotopic (exact) mass is 515 g/mol. The molecule has 0 saturated carbocycles. The molecule has 38 heavy (non-hydrogen) atoms. The number of fused-ring (bicyclic) bond motifs is 1. The van der Waals surface area contributed by atoms with Crippen molar-refractivity contribution in [2.75, 3.05) is 0 Å². The maximum absolute atomic E-state index is 14.6. The third kappa shape index (κ3) is 4.51. The summed E-state index contributed by atoms with van der Waals surface area (Å²) < 4.78 is 29.1. The second kappa shape index (κ2) is 10.3. The van der Waals surface area contributed by atoms with Gasteiger partial charge >= 0.3 is 0 Å². The van der Waals surface area contributed by atoms with Gasteiger partial charge in [0.2, 0.25) is 5.91 Å². The second-order valence-electron chi connectivity index (χ2n) is 9.51. The van der Waals surface area contributed by atoms with Crippen LogP contribution in [0.4, 0.5) is 8.78 Å². The Kier molecular flexibility index (Phi) is 6.88. The highest BCUT2D eigenvalue weighted by atomic mass is 19.1. The molecule has 0 unspecified atom stereocenters. The molecule has 5 rings (SSSR count). The molecule has 3 heterocycles. The molecule has 2 N–H and O–H groups in total. The van der Waals surface area contributed by atoms with Gasteiger partial charge < -0.3 is 5.73 Å². The predicted molar refractivity (Wildman–Crippen MR) is 137 cm³/mol. The Morgan fingerprint density at radius 2 is 1.82 bits per heavy atom. The minimum Gasteiger partial charge on any atom is -0.369 e. The molecule has 2 atom stereocenters. The van der Waals surface area contributed by atoms with E-state index in [4.69, 9.17) is 10.7 Å². The van der Waals surface area contributed by atoms with Gasteiger partial charge in [-0.3, -0.25) is 4.79 Å². The number of hydrogen-bond acceptors (Lipinski definition) is 7. The molecule has 1 amide bonds. The van der Waals surface area contributed by atoms with Crippen molar-refractivity contribution in [1.29, 1.82) is 0 Å². The van der Waals surface area contributed by atoms with Crippen molar-refractivity contribution >= 4 is 5.91 Å². The minimum atomic E-state index is -0.672. The molecular formula is C28H27F2N7O. The summed E-state index contributed by atoms with van der Waals surface area (Å²) in [5, 5.41) is 8.91. The number of rotatable bonds is 7. The van der Waals surface area contributed by atoms with Crippen LogP contribution in [-0.4, -0.2) is 36.0 Å². The van der Waals surface area contributed by atoms with Crippen LogP contribution in [0, 0.1) is 11.6 Å². The Morgan fingerprint density at radius 3 is 2.47 bits per heavy atom. The van der Waals surface area contributed by atoms with Crippen LogP contribution < -0.4 is 5.73 Å².